The first-order valence-electron chi connectivity index (χ1n) is 11.9. The highest BCUT2D eigenvalue weighted by atomic mass is 16.5. The second-order valence-corrected chi connectivity index (χ2v) is 8.99. The molecule has 1 aliphatic rings. The predicted octanol–water partition coefficient (Wildman–Crippen LogP) is 5.19. The lowest BCUT2D eigenvalue weighted by Crippen LogP contribution is -2.40. The number of hydrogen-bond acceptors (Lipinski definition) is 4. The summed E-state index contributed by atoms with van der Waals surface area (Å²) in [5, 5.41) is 0.543. The number of aromatic nitrogens is 2. The van der Waals surface area contributed by atoms with Crippen LogP contribution in [-0.2, 0) is 4.79 Å². The Labute approximate surface area is 195 Å². The quantitative estimate of drug-likeness (QED) is 0.500. The smallest absolute Gasteiger partial charge is 0.266 e. The number of nitrogens with zero attached hydrogens (tertiary/aromatic N) is 3. The van der Waals surface area contributed by atoms with E-state index < -0.39 is 0 Å². The van der Waals surface area contributed by atoms with E-state index in [1.165, 1.54) is 0 Å². The van der Waals surface area contributed by atoms with E-state index in [-0.39, 0.29) is 23.4 Å². The molecule has 1 unspecified atom stereocenters. The molecule has 0 bridgehead atoms. The van der Waals surface area contributed by atoms with Gasteiger partial charge in [0.15, 0.2) is 0 Å². The van der Waals surface area contributed by atoms with E-state index >= 15 is 0 Å². The Bertz CT molecular complexity index is 1210. The monoisotopic (exact) mass is 447 g/mol. The summed E-state index contributed by atoms with van der Waals surface area (Å²) in [6.45, 7) is 6.67. The van der Waals surface area contributed by atoms with Crippen LogP contribution in [0.15, 0.2) is 47.3 Å². The Morgan fingerprint density at radius 1 is 1.21 bits per heavy atom. The van der Waals surface area contributed by atoms with Gasteiger partial charge >= 0.3 is 0 Å². The molecule has 174 valence electrons. The lowest BCUT2D eigenvalue weighted by atomic mass is 10.0. The number of fused-ring (bicyclic) bond motifs is 1. The van der Waals surface area contributed by atoms with Crippen LogP contribution in [0.3, 0.4) is 0 Å². The summed E-state index contributed by atoms with van der Waals surface area (Å²) in [4.78, 5) is 34.2. The van der Waals surface area contributed by atoms with E-state index in [1.54, 1.807) is 17.7 Å². The Hall–Kier alpha value is -3.15. The number of carbonyl (C=O) groups excluding carboxylic acids is 1. The van der Waals surface area contributed by atoms with E-state index in [0.29, 0.717) is 34.7 Å². The third-order valence-electron chi connectivity index (χ3n) is 6.67. The maximum absolute atomic E-state index is 13.8. The molecule has 4 rings (SSSR count). The summed E-state index contributed by atoms with van der Waals surface area (Å²) in [6.07, 6.45) is 4.92. The van der Waals surface area contributed by atoms with Gasteiger partial charge in [-0.25, -0.2) is 4.98 Å². The number of methoxy groups -OCH3 is 1. The molecule has 6 nitrogen and oxygen atoms in total. The van der Waals surface area contributed by atoms with Crippen LogP contribution in [0.5, 0.6) is 5.75 Å². The van der Waals surface area contributed by atoms with Crippen molar-refractivity contribution in [3.8, 4) is 11.4 Å². The number of benzene rings is 2. The van der Waals surface area contributed by atoms with E-state index in [4.69, 9.17) is 9.72 Å². The van der Waals surface area contributed by atoms with Gasteiger partial charge in [0.2, 0.25) is 5.91 Å². The van der Waals surface area contributed by atoms with Crippen molar-refractivity contribution >= 4 is 16.8 Å². The lowest BCUT2D eigenvalue weighted by Gasteiger charge is -2.32. The molecule has 0 aliphatic heterocycles. The minimum absolute atomic E-state index is 0.0631. The van der Waals surface area contributed by atoms with Crippen LogP contribution in [-0.4, -0.2) is 34.0 Å². The Kier molecular flexibility index (Phi) is 6.82. The molecular weight excluding hydrogens is 414 g/mol. The minimum Gasteiger partial charge on any atom is -0.495 e. The summed E-state index contributed by atoms with van der Waals surface area (Å²) in [5.74, 6) is 1.39. The van der Waals surface area contributed by atoms with Crippen LogP contribution in [0.2, 0.25) is 0 Å². The fraction of sp³-hybridized carbons (Fsp3) is 0.444. The fourth-order valence-corrected chi connectivity index (χ4v) is 4.92. The molecular formula is C27H33N3O3. The van der Waals surface area contributed by atoms with Crippen molar-refractivity contribution in [2.45, 2.75) is 58.9 Å². The van der Waals surface area contributed by atoms with Gasteiger partial charge in [-0.15, -0.1) is 0 Å². The Morgan fingerprint density at radius 2 is 1.94 bits per heavy atom. The van der Waals surface area contributed by atoms with Crippen LogP contribution >= 0.6 is 0 Å². The second-order valence-electron chi connectivity index (χ2n) is 8.99. The van der Waals surface area contributed by atoms with Crippen molar-refractivity contribution in [1.82, 2.24) is 14.5 Å². The van der Waals surface area contributed by atoms with Crippen LogP contribution in [0.4, 0.5) is 0 Å². The number of hydrogen-bond donors (Lipinski definition) is 0. The van der Waals surface area contributed by atoms with Gasteiger partial charge in [-0.3, -0.25) is 14.2 Å². The molecule has 1 aliphatic carbocycles. The number of carbonyl (C=O) groups is 1. The Morgan fingerprint density at radius 3 is 2.64 bits per heavy atom. The van der Waals surface area contributed by atoms with Crippen LogP contribution < -0.4 is 10.3 Å². The van der Waals surface area contributed by atoms with Crippen molar-refractivity contribution in [1.29, 1.82) is 0 Å². The number of ether oxygens (including phenoxy) is 1. The van der Waals surface area contributed by atoms with Gasteiger partial charge in [0, 0.05) is 12.5 Å². The summed E-state index contributed by atoms with van der Waals surface area (Å²) in [5.41, 5.74) is 2.14. The van der Waals surface area contributed by atoms with Gasteiger partial charge in [-0.2, -0.15) is 0 Å². The van der Waals surface area contributed by atoms with E-state index in [9.17, 15) is 9.59 Å². The molecule has 1 amide bonds. The highest BCUT2D eigenvalue weighted by molar-refractivity contribution is 5.80. The maximum atomic E-state index is 13.8. The summed E-state index contributed by atoms with van der Waals surface area (Å²) in [6, 6.07) is 12.8. The lowest BCUT2D eigenvalue weighted by molar-refractivity contribution is -0.137. The van der Waals surface area contributed by atoms with Crippen molar-refractivity contribution in [2.24, 2.45) is 5.92 Å². The molecule has 0 saturated heterocycles. The van der Waals surface area contributed by atoms with Crippen molar-refractivity contribution in [2.75, 3.05) is 13.7 Å². The zero-order chi connectivity index (χ0) is 23.5. The zero-order valence-corrected chi connectivity index (χ0v) is 20.0. The molecule has 33 heavy (non-hydrogen) atoms. The first-order chi connectivity index (χ1) is 16.0. The highest BCUT2D eigenvalue weighted by Gasteiger charge is 2.32. The summed E-state index contributed by atoms with van der Waals surface area (Å²) < 4.78 is 7.27. The zero-order valence-electron chi connectivity index (χ0n) is 20.0. The van der Waals surface area contributed by atoms with Crippen molar-refractivity contribution in [3.63, 3.8) is 0 Å². The van der Waals surface area contributed by atoms with Gasteiger partial charge in [0.1, 0.15) is 11.6 Å². The Balaban J connectivity index is 1.94. The fourth-order valence-electron chi connectivity index (χ4n) is 4.92. The van der Waals surface area contributed by atoms with Crippen molar-refractivity contribution in [3.05, 3.63) is 64.2 Å². The normalized spacial score (nSPS) is 15.0. The minimum atomic E-state index is -0.361. The molecule has 1 heterocycles. The third-order valence-corrected chi connectivity index (χ3v) is 6.67. The molecule has 3 aromatic rings. The van der Waals surface area contributed by atoms with Crippen LogP contribution in [0.25, 0.3) is 16.6 Å². The van der Waals surface area contributed by atoms with E-state index in [0.717, 1.165) is 37.7 Å². The molecule has 1 aromatic heterocycles. The van der Waals surface area contributed by atoms with E-state index in [2.05, 4.69) is 6.92 Å². The molecule has 1 fully saturated rings. The molecule has 0 spiro atoms. The van der Waals surface area contributed by atoms with Gasteiger partial charge < -0.3 is 9.64 Å². The molecule has 6 heteroatoms. The standard InChI is InChI=1S/C27H33N3O3/c1-5-16-29(26(31)20-10-6-7-11-20)19(3)25-28-22-13-9-8-12-21(22)27(32)30(25)23-17-18(2)14-15-24(23)33-4/h8-9,12-15,17,19-20H,5-7,10-11,16H2,1-4H3. The van der Waals surface area contributed by atoms with Gasteiger partial charge in [-0.05, 0) is 62.9 Å². The van der Waals surface area contributed by atoms with E-state index in [1.807, 2.05) is 55.1 Å². The highest BCUT2D eigenvalue weighted by Crippen LogP contribution is 2.32. The number of amides is 1. The SMILES string of the molecule is CCCN(C(=O)C1CCCC1)C(C)c1nc2ccccc2c(=O)n1-c1cc(C)ccc1OC. The van der Waals surface area contributed by atoms with Crippen LogP contribution in [0.1, 0.15) is 63.4 Å². The molecule has 2 aromatic carbocycles. The predicted molar refractivity (Wildman–Crippen MR) is 131 cm³/mol. The van der Waals surface area contributed by atoms with Crippen molar-refractivity contribution < 1.29 is 9.53 Å². The number of aryl methyl sites for hydroxylation is 1. The van der Waals surface area contributed by atoms with Crippen LogP contribution in [0, 0.1) is 12.8 Å². The summed E-state index contributed by atoms with van der Waals surface area (Å²) in [7, 11) is 1.60. The third kappa shape index (κ3) is 4.39. The van der Waals surface area contributed by atoms with Gasteiger partial charge in [0.25, 0.3) is 5.56 Å². The van der Waals surface area contributed by atoms with Gasteiger partial charge in [-0.1, -0.05) is 38.0 Å². The first kappa shape index (κ1) is 23.0. The molecule has 1 saturated carbocycles. The second kappa shape index (κ2) is 9.77. The average molecular weight is 448 g/mol. The maximum Gasteiger partial charge on any atom is 0.266 e. The largest absolute Gasteiger partial charge is 0.495 e. The average Bonchev–Trinajstić information content (AvgIpc) is 3.37. The molecule has 1 atom stereocenters. The number of rotatable bonds is 7. The number of para-hydroxylation sites is 1. The first-order valence-corrected chi connectivity index (χ1v) is 11.9. The molecule has 0 N–H and O–H groups in total. The van der Waals surface area contributed by atoms with Gasteiger partial charge in [0.05, 0.1) is 29.7 Å². The molecule has 0 radical (unpaired) electrons. The summed E-state index contributed by atoms with van der Waals surface area (Å²) >= 11 is 0. The topological polar surface area (TPSA) is 64.4 Å².